The van der Waals surface area contributed by atoms with Crippen molar-refractivity contribution in [2.45, 2.75) is 66.3 Å². The minimum atomic E-state index is -0.475. The molecule has 6 heteroatoms. The van der Waals surface area contributed by atoms with Crippen molar-refractivity contribution in [3.8, 4) is 0 Å². The number of hydrogen-bond acceptors (Lipinski definition) is 4. The summed E-state index contributed by atoms with van der Waals surface area (Å²) in [4.78, 5) is 20.8. The molecular weight excluding hydrogens is 304 g/mol. The Morgan fingerprint density at radius 1 is 1.33 bits per heavy atom. The molecule has 0 radical (unpaired) electrons. The van der Waals surface area contributed by atoms with Gasteiger partial charge >= 0.3 is 6.09 Å². The van der Waals surface area contributed by atoms with Crippen molar-refractivity contribution < 1.29 is 9.53 Å². The number of carbonyl (C=O) groups excluding carboxylic acids is 1. The van der Waals surface area contributed by atoms with Crippen LogP contribution in [0.4, 0.5) is 4.79 Å². The summed E-state index contributed by atoms with van der Waals surface area (Å²) in [5.74, 6) is 1.06. The van der Waals surface area contributed by atoms with Crippen LogP contribution in [0.2, 0.25) is 0 Å². The minimum Gasteiger partial charge on any atom is -0.444 e. The molecule has 0 aliphatic carbocycles. The summed E-state index contributed by atoms with van der Waals surface area (Å²) in [6, 6.07) is 0. The van der Waals surface area contributed by atoms with Crippen LogP contribution in [-0.4, -0.2) is 45.1 Å². The summed E-state index contributed by atoms with van der Waals surface area (Å²) in [7, 11) is 4.08. The molecule has 0 aromatic carbocycles. The van der Waals surface area contributed by atoms with Gasteiger partial charge in [0.25, 0.3) is 0 Å². The van der Waals surface area contributed by atoms with Gasteiger partial charge in [-0.3, -0.25) is 4.90 Å². The van der Waals surface area contributed by atoms with Crippen LogP contribution < -0.4 is 0 Å². The predicted octanol–water partition coefficient (Wildman–Crippen LogP) is 3.16. The van der Waals surface area contributed by atoms with Crippen LogP contribution >= 0.6 is 0 Å². The maximum atomic E-state index is 12.3. The molecule has 134 valence electrons. The number of amides is 1. The molecule has 24 heavy (non-hydrogen) atoms. The van der Waals surface area contributed by atoms with Gasteiger partial charge < -0.3 is 14.2 Å². The van der Waals surface area contributed by atoms with Crippen LogP contribution in [-0.2, 0) is 30.8 Å². The van der Waals surface area contributed by atoms with Gasteiger partial charge in [-0.1, -0.05) is 6.08 Å². The first-order valence-corrected chi connectivity index (χ1v) is 8.51. The molecule has 0 saturated carbocycles. The lowest BCUT2D eigenvalue weighted by atomic mass is 10.2. The maximum Gasteiger partial charge on any atom is 0.410 e. The van der Waals surface area contributed by atoms with E-state index in [2.05, 4.69) is 29.4 Å². The third-order valence-corrected chi connectivity index (χ3v) is 4.17. The number of fused-ring (bicyclic) bond motifs is 1. The van der Waals surface area contributed by atoms with E-state index in [1.165, 1.54) is 5.70 Å². The lowest BCUT2D eigenvalue weighted by molar-refractivity contribution is 0.0237. The number of allylic oxidation sites excluding steroid dienone is 2. The normalized spacial score (nSPS) is 14.8. The van der Waals surface area contributed by atoms with E-state index in [-0.39, 0.29) is 6.09 Å². The molecule has 0 unspecified atom stereocenters. The van der Waals surface area contributed by atoms with Crippen molar-refractivity contribution >= 4 is 6.09 Å². The highest BCUT2D eigenvalue weighted by Gasteiger charge is 2.31. The van der Waals surface area contributed by atoms with Crippen molar-refractivity contribution in [2.24, 2.45) is 0 Å². The molecule has 0 spiro atoms. The van der Waals surface area contributed by atoms with Crippen LogP contribution in [0.3, 0.4) is 0 Å². The molecule has 0 atom stereocenters. The first-order valence-electron chi connectivity index (χ1n) is 8.51. The summed E-state index contributed by atoms with van der Waals surface area (Å²) in [6.45, 7) is 11.8. The van der Waals surface area contributed by atoms with Gasteiger partial charge in [0, 0.05) is 32.8 Å². The Morgan fingerprint density at radius 2 is 2.00 bits per heavy atom. The van der Waals surface area contributed by atoms with E-state index in [9.17, 15) is 4.79 Å². The second-order valence-corrected chi connectivity index (χ2v) is 7.45. The Balaban J connectivity index is 2.13. The highest BCUT2D eigenvalue weighted by molar-refractivity contribution is 5.69. The van der Waals surface area contributed by atoms with Gasteiger partial charge in [-0.2, -0.15) is 0 Å². The average molecular weight is 334 g/mol. The second kappa shape index (κ2) is 6.87. The summed E-state index contributed by atoms with van der Waals surface area (Å²) in [5, 5.41) is 0. The van der Waals surface area contributed by atoms with E-state index in [0.717, 1.165) is 30.2 Å². The van der Waals surface area contributed by atoms with Crippen LogP contribution in [0, 0.1) is 0 Å². The number of aromatic nitrogens is 2. The number of nitrogens with zero attached hydrogens (tertiary/aromatic N) is 4. The fourth-order valence-electron chi connectivity index (χ4n) is 2.72. The standard InChI is InChI=1S/C18H30N4O2/c1-8-22-15-12-21(17(23)24-18(3,4)5)11-14(15)19-16(22)10-9-13(2)20(6)7/h9H,8,10-12H2,1-7H3/b13-9+. The number of imidazole rings is 1. The number of rotatable bonds is 4. The third kappa shape index (κ3) is 4.10. The molecule has 0 saturated heterocycles. The van der Waals surface area contributed by atoms with E-state index in [0.29, 0.717) is 13.1 Å². The highest BCUT2D eigenvalue weighted by atomic mass is 16.6. The highest BCUT2D eigenvalue weighted by Crippen LogP contribution is 2.26. The van der Waals surface area contributed by atoms with Gasteiger partial charge in [0.1, 0.15) is 11.4 Å². The van der Waals surface area contributed by atoms with Crippen molar-refractivity contribution in [3.63, 3.8) is 0 Å². The zero-order valence-corrected chi connectivity index (χ0v) is 16.0. The maximum absolute atomic E-state index is 12.3. The van der Waals surface area contributed by atoms with E-state index >= 15 is 0 Å². The largest absolute Gasteiger partial charge is 0.444 e. The summed E-state index contributed by atoms with van der Waals surface area (Å²) < 4.78 is 7.69. The van der Waals surface area contributed by atoms with Gasteiger partial charge in [0.2, 0.25) is 0 Å². The van der Waals surface area contributed by atoms with E-state index in [4.69, 9.17) is 9.72 Å². The summed E-state index contributed by atoms with van der Waals surface area (Å²) in [6.07, 6.45) is 2.72. The number of hydrogen-bond donors (Lipinski definition) is 0. The van der Waals surface area contributed by atoms with Crippen molar-refractivity contribution in [2.75, 3.05) is 14.1 Å². The van der Waals surface area contributed by atoms with Gasteiger partial charge in [0.05, 0.1) is 24.5 Å². The first kappa shape index (κ1) is 18.4. The lowest BCUT2D eigenvalue weighted by Gasteiger charge is -2.24. The molecule has 0 N–H and O–H groups in total. The Kier molecular flexibility index (Phi) is 5.26. The van der Waals surface area contributed by atoms with Gasteiger partial charge in [-0.05, 0) is 34.6 Å². The van der Waals surface area contributed by atoms with Gasteiger partial charge in [-0.25, -0.2) is 9.78 Å². The second-order valence-electron chi connectivity index (χ2n) is 7.45. The molecule has 6 nitrogen and oxygen atoms in total. The van der Waals surface area contributed by atoms with E-state index in [1.807, 2.05) is 34.9 Å². The SMILES string of the molecule is CCn1c(C/C=C(\C)N(C)C)nc2c1CN(C(=O)OC(C)(C)C)C2. The number of ether oxygens (including phenoxy) is 1. The summed E-state index contributed by atoms with van der Waals surface area (Å²) >= 11 is 0. The molecule has 2 rings (SSSR count). The molecule has 2 heterocycles. The van der Waals surface area contributed by atoms with Crippen LogP contribution in [0.5, 0.6) is 0 Å². The Labute approximate surface area is 145 Å². The Hall–Kier alpha value is -1.98. The topological polar surface area (TPSA) is 50.6 Å². The molecule has 1 aromatic rings. The summed E-state index contributed by atoms with van der Waals surface area (Å²) in [5.41, 5.74) is 2.87. The predicted molar refractivity (Wildman–Crippen MR) is 94.5 cm³/mol. The van der Waals surface area contributed by atoms with Crippen molar-refractivity contribution in [3.05, 3.63) is 29.0 Å². The lowest BCUT2D eigenvalue weighted by Crippen LogP contribution is -2.33. The van der Waals surface area contributed by atoms with Crippen molar-refractivity contribution in [1.29, 1.82) is 0 Å². The Morgan fingerprint density at radius 3 is 2.54 bits per heavy atom. The molecule has 0 bridgehead atoms. The first-order chi connectivity index (χ1) is 11.1. The van der Waals surface area contributed by atoms with Crippen LogP contribution in [0.25, 0.3) is 0 Å². The molecular formula is C18H30N4O2. The van der Waals surface area contributed by atoms with E-state index < -0.39 is 5.60 Å². The molecule has 1 aliphatic heterocycles. The van der Waals surface area contributed by atoms with Crippen LogP contribution in [0.15, 0.2) is 11.8 Å². The zero-order chi connectivity index (χ0) is 18.1. The molecule has 1 aliphatic rings. The number of carbonyl (C=O) groups is 1. The van der Waals surface area contributed by atoms with Gasteiger partial charge in [-0.15, -0.1) is 0 Å². The fourth-order valence-corrected chi connectivity index (χ4v) is 2.72. The Bertz CT molecular complexity index is 638. The average Bonchev–Trinajstić information content (AvgIpc) is 2.99. The fraction of sp³-hybridized carbons (Fsp3) is 0.667. The molecule has 1 amide bonds. The zero-order valence-electron chi connectivity index (χ0n) is 16.0. The smallest absolute Gasteiger partial charge is 0.410 e. The van der Waals surface area contributed by atoms with Crippen LogP contribution in [0.1, 0.15) is 51.8 Å². The minimum absolute atomic E-state index is 0.270. The van der Waals surface area contributed by atoms with Crippen molar-refractivity contribution in [1.82, 2.24) is 19.4 Å². The van der Waals surface area contributed by atoms with Gasteiger partial charge in [0.15, 0.2) is 0 Å². The quantitative estimate of drug-likeness (QED) is 0.849. The molecule has 1 aromatic heterocycles. The molecule has 0 fully saturated rings. The monoisotopic (exact) mass is 334 g/mol. The van der Waals surface area contributed by atoms with E-state index in [1.54, 1.807) is 4.90 Å². The third-order valence-electron chi connectivity index (χ3n) is 4.17.